The molecule has 1 heterocycles. The Morgan fingerprint density at radius 1 is 1.69 bits per heavy atom. The maximum Gasteiger partial charge on any atom is 0.251 e. The highest BCUT2D eigenvalue weighted by Gasteiger charge is 2.10. The van der Waals surface area contributed by atoms with E-state index in [1.54, 1.807) is 6.07 Å². The zero-order valence-corrected chi connectivity index (χ0v) is 8.35. The number of aromatic nitrogens is 1. The van der Waals surface area contributed by atoms with E-state index >= 15 is 0 Å². The van der Waals surface area contributed by atoms with Gasteiger partial charge in [0.1, 0.15) is 5.15 Å². The molecular weight excluding hydrogens is 188 g/mol. The largest absolute Gasteiger partial charge is 0.366 e. The Morgan fingerprint density at radius 2 is 2.31 bits per heavy atom. The number of pyridine rings is 1. The Hall–Kier alpha value is -1.09. The fourth-order valence-corrected chi connectivity index (χ4v) is 1.41. The summed E-state index contributed by atoms with van der Waals surface area (Å²) in [5.41, 5.74) is 7.24. The number of amides is 1. The van der Waals surface area contributed by atoms with Crippen LogP contribution in [0.2, 0.25) is 5.15 Å². The molecule has 1 amide bonds. The summed E-state index contributed by atoms with van der Waals surface area (Å²) in [5, 5.41) is 0.190. The normalized spacial score (nSPS) is 10.1. The van der Waals surface area contributed by atoms with Crippen LogP contribution in [0, 0.1) is 6.92 Å². The monoisotopic (exact) mass is 198 g/mol. The zero-order chi connectivity index (χ0) is 10.0. The van der Waals surface area contributed by atoms with Gasteiger partial charge in [-0.1, -0.05) is 18.5 Å². The molecular formula is C9H11ClN2O. The first kappa shape index (κ1) is 9.99. The quantitative estimate of drug-likeness (QED) is 0.736. The molecule has 0 saturated heterocycles. The van der Waals surface area contributed by atoms with Gasteiger partial charge >= 0.3 is 0 Å². The molecule has 0 fully saturated rings. The number of hydrogen-bond acceptors (Lipinski definition) is 2. The van der Waals surface area contributed by atoms with Crippen LogP contribution >= 0.6 is 11.6 Å². The van der Waals surface area contributed by atoms with Gasteiger partial charge in [0.2, 0.25) is 0 Å². The number of halogens is 1. The van der Waals surface area contributed by atoms with Crippen LogP contribution in [-0.2, 0) is 6.42 Å². The minimum Gasteiger partial charge on any atom is -0.366 e. The van der Waals surface area contributed by atoms with Gasteiger partial charge in [0.05, 0.1) is 5.56 Å². The molecule has 1 aromatic rings. The molecule has 1 aromatic heterocycles. The summed E-state index contributed by atoms with van der Waals surface area (Å²) in [7, 11) is 0. The molecule has 0 aliphatic heterocycles. The van der Waals surface area contributed by atoms with E-state index in [0.717, 1.165) is 17.7 Å². The minimum atomic E-state index is -0.539. The number of aryl methyl sites for hydroxylation is 2. The molecule has 0 aliphatic rings. The molecule has 0 aromatic carbocycles. The number of carbonyl (C=O) groups is 1. The first-order valence-corrected chi connectivity index (χ1v) is 4.39. The lowest BCUT2D eigenvalue weighted by molar-refractivity contribution is 0.1000. The Morgan fingerprint density at radius 3 is 2.77 bits per heavy atom. The van der Waals surface area contributed by atoms with Gasteiger partial charge in [0, 0.05) is 5.69 Å². The number of nitrogens with zero attached hydrogens (tertiary/aromatic N) is 1. The van der Waals surface area contributed by atoms with Crippen molar-refractivity contribution in [2.45, 2.75) is 20.3 Å². The van der Waals surface area contributed by atoms with Gasteiger partial charge in [-0.3, -0.25) is 4.79 Å². The van der Waals surface area contributed by atoms with Crippen molar-refractivity contribution >= 4 is 17.5 Å². The van der Waals surface area contributed by atoms with Crippen molar-refractivity contribution in [2.24, 2.45) is 5.73 Å². The highest BCUT2D eigenvalue weighted by molar-refractivity contribution is 6.32. The van der Waals surface area contributed by atoms with Crippen molar-refractivity contribution in [3.8, 4) is 0 Å². The van der Waals surface area contributed by atoms with Crippen molar-refractivity contribution in [2.75, 3.05) is 0 Å². The molecule has 0 aliphatic carbocycles. The van der Waals surface area contributed by atoms with Crippen LogP contribution in [-0.4, -0.2) is 10.9 Å². The van der Waals surface area contributed by atoms with Gasteiger partial charge in [-0.25, -0.2) is 4.98 Å². The number of nitrogens with two attached hydrogens (primary N) is 1. The van der Waals surface area contributed by atoms with Crippen LogP contribution in [0.3, 0.4) is 0 Å². The summed E-state index contributed by atoms with van der Waals surface area (Å²) in [5.74, 6) is -0.539. The topological polar surface area (TPSA) is 56.0 Å². The van der Waals surface area contributed by atoms with Crippen LogP contribution in [0.15, 0.2) is 6.07 Å². The molecule has 2 N–H and O–H groups in total. The molecule has 0 atom stereocenters. The third kappa shape index (κ3) is 1.98. The molecule has 0 unspecified atom stereocenters. The lowest BCUT2D eigenvalue weighted by Gasteiger charge is -2.05. The fraction of sp³-hybridized carbons (Fsp3) is 0.333. The standard InChI is InChI=1S/C9H11ClN2O/c1-3-7-5(2)4-6(9(11)13)8(10)12-7/h4H,3H2,1-2H3,(H2,11,13). The van der Waals surface area contributed by atoms with Crippen LogP contribution in [0.1, 0.15) is 28.5 Å². The lowest BCUT2D eigenvalue weighted by atomic mass is 10.1. The van der Waals surface area contributed by atoms with Crippen molar-refractivity contribution < 1.29 is 4.79 Å². The molecule has 0 spiro atoms. The Balaban J connectivity index is 3.28. The van der Waals surface area contributed by atoms with Crippen LogP contribution < -0.4 is 5.73 Å². The number of rotatable bonds is 2. The third-order valence-corrected chi connectivity index (χ3v) is 2.16. The van der Waals surface area contributed by atoms with E-state index < -0.39 is 5.91 Å². The average Bonchev–Trinajstić information content (AvgIpc) is 2.07. The summed E-state index contributed by atoms with van der Waals surface area (Å²) in [6.07, 6.45) is 0.796. The molecule has 0 saturated carbocycles. The maximum absolute atomic E-state index is 10.9. The van der Waals surface area contributed by atoms with Gasteiger partial charge < -0.3 is 5.73 Å². The Bertz CT molecular complexity index is 350. The summed E-state index contributed by atoms with van der Waals surface area (Å²) >= 11 is 5.76. The van der Waals surface area contributed by atoms with Gasteiger partial charge in [-0.15, -0.1) is 0 Å². The minimum absolute atomic E-state index is 0.190. The number of primary amides is 1. The first-order chi connectivity index (χ1) is 6.06. The Kier molecular flexibility index (Phi) is 2.88. The van der Waals surface area contributed by atoms with E-state index in [-0.39, 0.29) is 10.7 Å². The van der Waals surface area contributed by atoms with Crippen LogP contribution in [0.5, 0.6) is 0 Å². The van der Waals surface area contributed by atoms with Crippen molar-refractivity contribution in [3.05, 3.63) is 28.0 Å². The van der Waals surface area contributed by atoms with E-state index in [0.29, 0.717) is 0 Å². The zero-order valence-electron chi connectivity index (χ0n) is 7.60. The maximum atomic E-state index is 10.9. The molecule has 0 radical (unpaired) electrons. The van der Waals surface area contributed by atoms with Crippen molar-refractivity contribution in [1.82, 2.24) is 4.98 Å². The number of hydrogen-bond donors (Lipinski definition) is 1. The third-order valence-electron chi connectivity index (χ3n) is 1.87. The lowest BCUT2D eigenvalue weighted by Crippen LogP contribution is -2.13. The van der Waals surface area contributed by atoms with E-state index in [1.165, 1.54) is 0 Å². The second-order valence-electron chi connectivity index (χ2n) is 2.81. The highest BCUT2D eigenvalue weighted by atomic mass is 35.5. The fourth-order valence-electron chi connectivity index (χ4n) is 1.16. The van der Waals surface area contributed by atoms with Crippen molar-refractivity contribution in [1.29, 1.82) is 0 Å². The summed E-state index contributed by atoms with van der Waals surface area (Å²) in [4.78, 5) is 14.9. The second-order valence-corrected chi connectivity index (χ2v) is 3.17. The smallest absolute Gasteiger partial charge is 0.251 e. The van der Waals surface area contributed by atoms with Gasteiger partial charge in [-0.2, -0.15) is 0 Å². The van der Waals surface area contributed by atoms with Gasteiger partial charge in [0.15, 0.2) is 0 Å². The molecule has 13 heavy (non-hydrogen) atoms. The number of carbonyl (C=O) groups excluding carboxylic acids is 1. The predicted molar refractivity (Wildman–Crippen MR) is 51.9 cm³/mol. The van der Waals surface area contributed by atoms with E-state index in [4.69, 9.17) is 17.3 Å². The molecule has 0 bridgehead atoms. The van der Waals surface area contributed by atoms with Crippen LogP contribution in [0.4, 0.5) is 0 Å². The summed E-state index contributed by atoms with van der Waals surface area (Å²) < 4.78 is 0. The molecule has 70 valence electrons. The molecule has 3 nitrogen and oxygen atoms in total. The first-order valence-electron chi connectivity index (χ1n) is 4.02. The molecule has 4 heteroatoms. The highest BCUT2D eigenvalue weighted by Crippen LogP contribution is 2.17. The predicted octanol–water partition coefficient (Wildman–Crippen LogP) is 1.70. The van der Waals surface area contributed by atoms with Crippen molar-refractivity contribution in [3.63, 3.8) is 0 Å². The average molecular weight is 199 g/mol. The second kappa shape index (κ2) is 3.75. The summed E-state index contributed by atoms with van der Waals surface area (Å²) in [6, 6.07) is 1.68. The van der Waals surface area contributed by atoms with Gasteiger partial charge in [-0.05, 0) is 25.0 Å². The van der Waals surface area contributed by atoms with E-state index in [2.05, 4.69) is 4.98 Å². The summed E-state index contributed by atoms with van der Waals surface area (Å²) in [6.45, 7) is 3.87. The van der Waals surface area contributed by atoms with E-state index in [1.807, 2.05) is 13.8 Å². The van der Waals surface area contributed by atoms with Crippen LogP contribution in [0.25, 0.3) is 0 Å². The van der Waals surface area contributed by atoms with Gasteiger partial charge in [0.25, 0.3) is 5.91 Å². The van der Waals surface area contributed by atoms with E-state index in [9.17, 15) is 4.79 Å². The SMILES string of the molecule is CCc1nc(Cl)c(C(N)=O)cc1C. The Labute approximate surface area is 81.9 Å². The molecule has 1 rings (SSSR count).